The zero-order valence-electron chi connectivity index (χ0n) is 14.9. The van der Waals surface area contributed by atoms with Gasteiger partial charge >= 0.3 is 0 Å². The van der Waals surface area contributed by atoms with Crippen molar-refractivity contribution < 1.29 is 9.59 Å². The maximum atomic E-state index is 12.9. The van der Waals surface area contributed by atoms with Gasteiger partial charge < -0.3 is 4.90 Å². The lowest BCUT2D eigenvalue weighted by Crippen LogP contribution is -2.38. The lowest BCUT2D eigenvalue weighted by Gasteiger charge is -2.31. The maximum absolute atomic E-state index is 12.9. The Labute approximate surface area is 163 Å². The molecule has 3 rings (SSSR count). The van der Waals surface area contributed by atoms with Gasteiger partial charge in [-0.15, -0.1) is 0 Å². The smallest absolute Gasteiger partial charge is 0.241 e. The third kappa shape index (κ3) is 3.71. The number of benzene rings is 2. The molecule has 136 valence electrons. The van der Waals surface area contributed by atoms with Gasteiger partial charge in [-0.05, 0) is 35.7 Å². The minimum Gasteiger partial charge on any atom is -0.309 e. The van der Waals surface area contributed by atoms with Gasteiger partial charge in [0.25, 0.3) is 0 Å². The number of fused-ring (bicyclic) bond motifs is 1. The number of anilines is 3. The quantitative estimate of drug-likeness (QED) is 0.640. The van der Waals surface area contributed by atoms with E-state index in [2.05, 4.69) is 20.8 Å². The Morgan fingerprint density at radius 2 is 1.62 bits per heavy atom. The van der Waals surface area contributed by atoms with Crippen LogP contribution >= 0.6 is 23.2 Å². The van der Waals surface area contributed by atoms with Gasteiger partial charge in [-0.2, -0.15) is 0 Å². The molecule has 1 heterocycles. The van der Waals surface area contributed by atoms with Crippen molar-refractivity contribution in [2.75, 3.05) is 16.3 Å². The molecule has 0 saturated heterocycles. The third-order valence-electron chi connectivity index (χ3n) is 4.05. The molecule has 1 aliphatic heterocycles. The standard InChI is InChI=1S/C20H20Cl2N2O2/c1-20(2,3)12-23-16-9-8-13(21)10-17(16)24(19(26)11-18(23)25)15-7-5-4-6-14(15)22/h4-10H,11-12H2,1-3H3. The van der Waals surface area contributed by atoms with E-state index in [4.69, 9.17) is 23.2 Å². The minimum atomic E-state index is -0.331. The number of nitrogens with zero attached hydrogens (tertiary/aromatic N) is 2. The van der Waals surface area contributed by atoms with Crippen LogP contribution in [0.3, 0.4) is 0 Å². The predicted octanol–water partition coefficient (Wildman–Crippen LogP) is 5.44. The zero-order chi connectivity index (χ0) is 19.1. The van der Waals surface area contributed by atoms with Crippen LogP contribution in [0.4, 0.5) is 17.1 Å². The summed E-state index contributed by atoms with van der Waals surface area (Å²) in [6, 6.07) is 12.3. The number of rotatable bonds is 2. The van der Waals surface area contributed by atoms with E-state index in [-0.39, 0.29) is 23.7 Å². The predicted molar refractivity (Wildman–Crippen MR) is 106 cm³/mol. The van der Waals surface area contributed by atoms with Crippen LogP contribution in [0.15, 0.2) is 42.5 Å². The van der Waals surface area contributed by atoms with Crippen molar-refractivity contribution in [2.24, 2.45) is 5.41 Å². The molecular formula is C20H20Cl2N2O2. The molecule has 2 aromatic carbocycles. The fraction of sp³-hybridized carbons (Fsp3) is 0.300. The van der Waals surface area contributed by atoms with E-state index < -0.39 is 0 Å². The van der Waals surface area contributed by atoms with Gasteiger partial charge in [-0.25, -0.2) is 0 Å². The average Bonchev–Trinajstić information content (AvgIpc) is 2.62. The molecule has 0 N–H and O–H groups in total. The first-order valence-electron chi connectivity index (χ1n) is 8.35. The number of para-hydroxylation sites is 1. The van der Waals surface area contributed by atoms with Gasteiger partial charge in [0.1, 0.15) is 6.42 Å². The summed E-state index contributed by atoms with van der Waals surface area (Å²) in [4.78, 5) is 28.9. The Balaban J connectivity index is 2.22. The first-order valence-corrected chi connectivity index (χ1v) is 9.10. The highest BCUT2D eigenvalue weighted by Crippen LogP contribution is 2.42. The third-order valence-corrected chi connectivity index (χ3v) is 4.60. The van der Waals surface area contributed by atoms with E-state index >= 15 is 0 Å². The Morgan fingerprint density at radius 1 is 0.923 bits per heavy atom. The molecule has 2 aromatic rings. The second kappa shape index (κ2) is 6.93. The Kier molecular flexibility index (Phi) is 5.00. The number of hydrogen-bond acceptors (Lipinski definition) is 2. The normalized spacial score (nSPS) is 15.1. The second-order valence-corrected chi connectivity index (χ2v) is 8.37. The van der Waals surface area contributed by atoms with Crippen LogP contribution in [-0.2, 0) is 9.59 Å². The largest absolute Gasteiger partial charge is 0.309 e. The van der Waals surface area contributed by atoms with Crippen molar-refractivity contribution in [2.45, 2.75) is 27.2 Å². The molecule has 0 spiro atoms. The molecule has 0 atom stereocenters. The number of hydrogen-bond donors (Lipinski definition) is 0. The lowest BCUT2D eigenvalue weighted by molar-refractivity contribution is -0.126. The van der Waals surface area contributed by atoms with E-state index in [0.717, 1.165) is 0 Å². The van der Waals surface area contributed by atoms with Crippen LogP contribution in [0.5, 0.6) is 0 Å². The summed E-state index contributed by atoms with van der Waals surface area (Å²) >= 11 is 12.5. The molecule has 0 radical (unpaired) electrons. The van der Waals surface area contributed by atoms with Crippen LogP contribution in [0.25, 0.3) is 0 Å². The molecule has 0 aliphatic carbocycles. The molecule has 0 fully saturated rings. The van der Waals surface area contributed by atoms with Gasteiger partial charge in [-0.1, -0.05) is 56.1 Å². The highest BCUT2D eigenvalue weighted by Gasteiger charge is 2.35. The summed E-state index contributed by atoms with van der Waals surface area (Å²) in [5, 5.41) is 0.919. The molecule has 6 heteroatoms. The summed E-state index contributed by atoms with van der Waals surface area (Å²) in [5.74, 6) is -0.564. The number of carbonyl (C=O) groups excluding carboxylic acids is 2. The van der Waals surface area contributed by atoms with Crippen molar-refractivity contribution >= 4 is 52.1 Å². The first kappa shape index (κ1) is 18.7. The fourth-order valence-corrected chi connectivity index (χ4v) is 3.41. The van der Waals surface area contributed by atoms with Gasteiger partial charge in [0.05, 0.1) is 22.1 Å². The van der Waals surface area contributed by atoms with Crippen LogP contribution < -0.4 is 9.80 Å². The van der Waals surface area contributed by atoms with E-state index in [1.54, 1.807) is 47.4 Å². The molecule has 0 aromatic heterocycles. The number of amides is 2. The highest BCUT2D eigenvalue weighted by molar-refractivity contribution is 6.35. The van der Waals surface area contributed by atoms with Crippen molar-refractivity contribution in [3.8, 4) is 0 Å². The van der Waals surface area contributed by atoms with Crippen LogP contribution in [0.1, 0.15) is 27.2 Å². The summed E-state index contributed by atoms with van der Waals surface area (Å²) in [7, 11) is 0. The zero-order valence-corrected chi connectivity index (χ0v) is 16.4. The molecule has 2 amide bonds. The van der Waals surface area contributed by atoms with Gasteiger partial charge in [0, 0.05) is 11.6 Å². The molecule has 0 unspecified atom stereocenters. The van der Waals surface area contributed by atoms with E-state index in [9.17, 15) is 9.59 Å². The van der Waals surface area contributed by atoms with E-state index in [1.807, 2.05) is 0 Å². The Bertz CT molecular complexity index is 874. The monoisotopic (exact) mass is 390 g/mol. The van der Waals surface area contributed by atoms with Gasteiger partial charge in [0.2, 0.25) is 11.8 Å². The average molecular weight is 391 g/mol. The lowest BCUT2D eigenvalue weighted by atomic mass is 9.95. The minimum absolute atomic E-state index is 0.130. The van der Waals surface area contributed by atoms with Gasteiger partial charge in [0.15, 0.2) is 0 Å². The SMILES string of the molecule is CC(C)(C)CN1C(=O)CC(=O)N(c2ccccc2Cl)c2cc(Cl)ccc21. The van der Waals surface area contributed by atoms with E-state index in [1.165, 1.54) is 4.90 Å². The fourth-order valence-electron chi connectivity index (χ4n) is 3.02. The van der Waals surface area contributed by atoms with Crippen LogP contribution in [0.2, 0.25) is 10.0 Å². The van der Waals surface area contributed by atoms with Crippen molar-refractivity contribution in [1.82, 2.24) is 0 Å². The van der Waals surface area contributed by atoms with Crippen molar-refractivity contribution in [1.29, 1.82) is 0 Å². The Morgan fingerprint density at radius 3 is 2.27 bits per heavy atom. The molecule has 0 bridgehead atoms. The van der Waals surface area contributed by atoms with Crippen molar-refractivity contribution in [3.05, 3.63) is 52.5 Å². The summed E-state index contributed by atoms with van der Waals surface area (Å²) < 4.78 is 0. The molecule has 26 heavy (non-hydrogen) atoms. The molecule has 4 nitrogen and oxygen atoms in total. The van der Waals surface area contributed by atoms with Gasteiger partial charge in [-0.3, -0.25) is 14.5 Å². The topological polar surface area (TPSA) is 40.6 Å². The summed E-state index contributed by atoms with van der Waals surface area (Å²) in [6.07, 6.45) is -0.229. The Hall–Kier alpha value is -2.04. The summed E-state index contributed by atoms with van der Waals surface area (Å²) in [6.45, 7) is 6.64. The molecule has 1 aliphatic rings. The number of halogens is 2. The van der Waals surface area contributed by atoms with E-state index in [0.29, 0.717) is 33.7 Å². The van der Waals surface area contributed by atoms with Crippen LogP contribution in [0, 0.1) is 5.41 Å². The summed E-state index contributed by atoms with van der Waals surface area (Å²) in [5.41, 5.74) is 1.62. The first-order chi connectivity index (χ1) is 12.2. The molecular weight excluding hydrogens is 371 g/mol. The maximum Gasteiger partial charge on any atom is 0.241 e. The second-order valence-electron chi connectivity index (χ2n) is 7.53. The van der Waals surface area contributed by atoms with Crippen molar-refractivity contribution in [3.63, 3.8) is 0 Å². The molecule has 0 saturated carbocycles. The number of carbonyl (C=O) groups is 2. The highest BCUT2D eigenvalue weighted by atomic mass is 35.5. The van der Waals surface area contributed by atoms with Crippen LogP contribution in [-0.4, -0.2) is 18.4 Å².